The Morgan fingerprint density at radius 1 is 0.364 bits per heavy atom. The van der Waals surface area contributed by atoms with Crippen molar-refractivity contribution >= 4 is 11.9 Å². The van der Waals surface area contributed by atoms with Crippen LogP contribution < -0.4 is 5.32 Å². The van der Waals surface area contributed by atoms with Crippen LogP contribution in [0.5, 0.6) is 0 Å². The molecule has 0 spiro atoms. The lowest BCUT2D eigenvalue weighted by Gasteiger charge is -2.20. The lowest BCUT2D eigenvalue weighted by molar-refractivity contribution is -0.143. The van der Waals surface area contributed by atoms with Crippen LogP contribution in [0.1, 0.15) is 380 Å². The summed E-state index contributed by atoms with van der Waals surface area (Å²) in [6.07, 6.45) is 85.0. The number of aliphatic hydroxyl groups is 2. The van der Waals surface area contributed by atoms with Gasteiger partial charge in [-0.05, 0) is 64.2 Å². The second-order valence-electron chi connectivity index (χ2n) is 23.9. The Bertz CT molecular complexity index is 1250. The van der Waals surface area contributed by atoms with Gasteiger partial charge in [-0.15, -0.1) is 0 Å². The average Bonchev–Trinajstić information content (AvgIpc) is 3.43. The fourth-order valence-corrected chi connectivity index (χ4v) is 10.8. The van der Waals surface area contributed by atoms with Crippen molar-refractivity contribution in [3.05, 3.63) is 36.5 Å². The maximum absolute atomic E-state index is 12.5. The number of esters is 1. The van der Waals surface area contributed by atoms with Crippen molar-refractivity contribution in [1.29, 1.82) is 0 Å². The smallest absolute Gasteiger partial charge is 0.305 e. The predicted octanol–water partition coefficient (Wildman–Crippen LogP) is 22.3. The maximum Gasteiger partial charge on any atom is 0.305 e. The molecule has 0 aliphatic rings. The monoisotopic (exact) mass is 1080 g/mol. The third kappa shape index (κ3) is 63.1. The summed E-state index contributed by atoms with van der Waals surface area (Å²) in [6, 6.07) is -0.629. The summed E-state index contributed by atoms with van der Waals surface area (Å²) in [6.45, 7) is 4.93. The Balaban J connectivity index is 3.42. The summed E-state index contributed by atoms with van der Waals surface area (Å²) in [5.41, 5.74) is 0. The molecule has 0 aliphatic heterocycles. The number of carbonyl (C=O) groups is 2. The maximum atomic E-state index is 12.5. The second kappa shape index (κ2) is 66.6. The summed E-state index contributed by atoms with van der Waals surface area (Å²) in [7, 11) is 0. The molecule has 6 nitrogen and oxygen atoms in total. The highest BCUT2D eigenvalue weighted by molar-refractivity contribution is 5.76. The van der Waals surface area contributed by atoms with Gasteiger partial charge in [-0.3, -0.25) is 9.59 Å². The van der Waals surface area contributed by atoms with Crippen LogP contribution >= 0.6 is 0 Å². The molecule has 0 radical (unpaired) electrons. The molecule has 0 rings (SSSR count). The van der Waals surface area contributed by atoms with E-state index in [4.69, 9.17) is 4.74 Å². The lowest BCUT2D eigenvalue weighted by atomic mass is 10.0. The Hall–Kier alpha value is -1.92. The highest BCUT2D eigenvalue weighted by Crippen LogP contribution is 2.18. The van der Waals surface area contributed by atoms with E-state index in [0.717, 1.165) is 44.9 Å². The van der Waals surface area contributed by atoms with E-state index in [-0.39, 0.29) is 18.5 Å². The van der Waals surface area contributed by atoms with E-state index in [9.17, 15) is 19.8 Å². The topological polar surface area (TPSA) is 95.9 Å². The lowest BCUT2D eigenvalue weighted by Crippen LogP contribution is -2.45. The molecular formula is C71H135NO5. The zero-order valence-corrected chi connectivity index (χ0v) is 52.0. The third-order valence-electron chi connectivity index (χ3n) is 16.2. The van der Waals surface area contributed by atoms with Crippen molar-refractivity contribution < 1.29 is 24.5 Å². The van der Waals surface area contributed by atoms with E-state index < -0.39 is 12.1 Å². The van der Waals surface area contributed by atoms with Crippen molar-refractivity contribution in [2.24, 2.45) is 0 Å². The molecule has 77 heavy (non-hydrogen) atoms. The first-order valence-electron chi connectivity index (χ1n) is 34.8. The van der Waals surface area contributed by atoms with E-state index in [1.165, 1.54) is 308 Å². The van der Waals surface area contributed by atoms with Crippen LogP contribution in [0.2, 0.25) is 0 Å². The normalized spacial score (nSPS) is 12.7. The van der Waals surface area contributed by atoms with Gasteiger partial charge in [-0.25, -0.2) is 0 Å². The molecule has 2 unspecified atom stereocenters. The number of rotatable bonds is 65. The quantitative estimate of drug-likeness (QED) is 0.0320. The highest BCUT2D eigenvalue weighted by atomic mass is 16.5. The van der Waals surface area contributed by atoms with E-state index in [0.29, 0.717) is 19.4 Å². The van der Waals surface area contributed by atoms with Crippen molar-refractivity contribution in [1.82, 2.24) is 5.32 Å². The first kappa shape index (κ1) is 75.1. The first-order valence-corrected chi connectivity index (χ1v) is 34.8. The van der Waals surface area contributed by atoms with Crippen molar-refractivity contribution in [2.75, 3.05) is 13.2 Å². The predicted molar refractivity (Wildman–Crippen MR) is 338 cm³/mol. The molecule has 0 saturated carbocycles. The van der Waals surface area contributed by atoms with Crippen molar-refractivity contribution in [2.45, 2.75) is 392 Å². The molecule has 454 valence electrons. The van der Waals surface area contributed by atoms with Crippen LogP contribution in [0.4, 0.5) is 0 Å². The number of allylic oxidation sites excluding steroid dienone is 5. The molecule has 0 fully saturated rings. The number of unbranched alkanes of at least 4 members (excludes halogenated alkanes) is 50. The van der Waals surface area contributed by atoms with Gasteiger partial charge in [0.05, 0.1) is 25.4 Å². The Morgan fingerprint density at radius 2 is 0.649 bits per heavy atom. The van der Waals surface area contributed by atoms with E-state index in [1.807, 2.05) is 6.08 Å². The van der Waals surface area contributed by atoms with Crippen LogP contribution in [0.3, 0.4) is 0 Å². The fraction of sp³-hybridized carbons (Fsp3) is 0.887. The number of nitrogens with one attached hydrogen (secondary N) is 1. The molecule has 0 aliphatic carbocycles. The fourth-order valence-electron chi connectivity index (χ4n) is 10.8. The van der Waals surface area contributed by atoms with Gasteiger partial charge in [0.15, 0.2) is 0 Å². The van der Waals surface area contributed by atoms with E-state index >= 15 is 0 Å². The number of hydrogen-bond acceptors (Lipinski definition) is 5. The van der Waals surface area contributed by atoms with Gasteiger partial charge in [0, 0.05) is 12.8 Å². The minimum Gasteiger partial charge on any atom is -0.466 e. The summed E-state index contributed by atoms with van der Waals surface area (Å²) >= 11 is 0. The summed E-state index contributed by atoms with van der Waals surface area (Å²) in [5, 5.41) is 23.2. The van der Waals surface area contributed by atoms with Crippen LogP contribution in [-0.4, -0.2) is 47.4 Å². The number of carbonyl (C=O) groups excluding carboxylic acids is 2. The Labute approximate surface area is 481 Å². The molecule has 0 aromatic heterocycles. The van der Waals surface area contributed by atoms with E-state index in [2.05, 4.69) is 43.5 Å². The summed E-state index contributed by atoms with van der Waals surface area (Å²) < 4.78 is 5.49. The average molecular weight is 1080 g/mol. The zero-order valence-electron chi connectivity index (χ0n) is 52.0. The number of aliphatic hydroxyl groups excluding tert-OH is 2. The number of hydrogen-bond donors (Lipinski definition) is 3. The minimum atomic E-state index is -0.846. The summed E-state index contributed by atoms with van der Waals surface area (Å²) in [4.78, 5) is 24.6. The molecule has 0 aromatic carbocycles. The van der Waals surface area contributed by atoms with E-state index in [1.54, 1.807) is 6.08 Å². The van der Waals surface area contributed by atoms with Gasteiger partial charge in [-0.1, -0.05) is 339 Å². The van der Waals surface area contributed by atoms with Crippen LogP contribution in [0.15, 0.2) is 36.5 Å². The molecule has 0 saturated heterocycles. The standard InChI is InChI=1S/C71H135NO5/c1-3-5-7-9-11-13-15-17-19-33-36-39-43-47-51-55-59-63-69(74)68(67-73)72-70(75)64-60-56-52-48-44-40-37-34-31-29-27-25-23-21-20-22-24-26-28-30-32-35-38-42-46-50-54-58-62-66-77-71(76)65-61-57-53-49-45-41-18-16-14-12-10-8-6-4-2/h20,22,26,28,59,63,68-69,73-74H,3-19,21,23-25,27,29-58,60-62,64-67H2,1-2H3,(H,72,75)/b22-20-,28-26-,63-59+. The summed E-state index contributed by atoms with van der Waals surface area (Å²) in [5.74, 6) is -0.0521. The number of amides is 1. The molecular weight excluding hydrogens is 947 g/mol. The van der Waals surface area contributed by atoms with Gasteiger partial charge in [-0.2, -0.15) is 0 Å². The number of ether oxygens (including phenoxy) is 1. The van der Waals surface area contributed by atoms with Gasteiger partial charge in [0.2, 0.25) is 5.91 Å². The van der Waals surface area contributed by atoms with Crippen molar-refractivity contribution in [3.8, 4) is 0 Å². The second-order valence-corrected chi connectivity index (χ2v) is 23.9. The first-order chi connectivity index (χ1) is 38.0. The largest absolute Gasteiger partial charge is 0.466 e. The minimum absolute atomic E-state index is 0.0143. The Morgan fingerprint density at radius 3 is 0.987 bits per heavy atom. The van der Waals surface area contributed by atoms with Gasteiger partial charge >= 0.3 is 5.97 Å². The van der Waals surface area contributed by atoms with Crippen LogP contribution in [0, 0.1) is 0 Å². The molecule has 1 amide bonds. The SMILES string of the molecule is CCCCCCCCCCCCCCCCC/C=C/C(O)C(CO)NC(=O)CCCCCCCCCCCCCCC/C=C\C/C=C\CCCCCCCCCCCOC(=O)CCCCCCCCCCCCCCCC. The molecule has 0 aromatic rings. The molecule has 3 N–H and O–H groups in total. The molecule has 0 bridgehead atoms. The van der Waals surface area contributed by atoms with Gasteiger partial charge in [0.1, 0.15) is 0 Å². The van der Waals surface area contributed by atoms with Crippen LogP contribution in [-0.2, 0) is 14.3 Å². The Kier molecular flexibility index (Phi) is 64.9. The molecule has 0 heterocycles. The van der Waals surface area contributed by atoms with Crippen LogP contribution in [0.25, 0.3) is 0 Å². The third-order valence-corrected chi connectivity index (χ3v) is 16.2. The van der Waals surface area contributed by atoms with Gasteiger partial charge < -0.3 is 20.3 Å². The van der Waals surface area contributed by atoms with Crippen molar-refractivity contribution in [3.63, 3.8) is 0 Å². The zero-order chi connectivity index (χ0) is 55.7. The molecule has 2 atom stereocenters. The molecule has 6 heteroatoms. The highest BCUT2D eigenvalue weighted by Gasteiger charge is 2.18. The van der Waals surface area contributed by atoms with Gasteiger partial charge in [0.25, 0.3) is 0 Å².